The number of carboxylic acids is 1. The lowest BCUT2D eigenvalue weighted by Gasteiger charge is -2.25. The van der Waals surface area contributed by atoms with Crippen LogP contribution in [-0.4, -0.2) is 46.6 Å². The summed E-state index contributed by atoms with van der Waals surface area (Å²) in [5.74, 6) is -1.69. The SMILES string of the molecule is N#Cc1ccc(C[C@H](NC(=O)[C@H]2CCCN2C(=O)OCc2ccccc2)C(=O)O)cc1. The van der Waals surface area contributed by atoms with Gasteiger partial charge < -0.3 is 15.2 Å². The van der Waals surface area contributed by atoms with Gasteiger partial charge in [0.2, 0.25) is 5.91 Å². The van der Waals surface area contributed by atoms with Gasteiger partial charge in [0.1, 0.15) is 18.7 Å². The van der Waals surface area contributed by atoms with Crippen molar-refractivity contribution in [3.63, 3.8) is 0 Å². The van der Waals surface area contributed by atoms with Crippen molar-refractivity contribution in [3.05, 3.63) is 71.3 Å². The fourth-order valence-electron chi connectivity index (χ4n) is 3.48. The third-order valence-electron chi connectivity index (χ3n) is 5.13. The molecule has 2 N–H and O–H groups in total. The molecule has 1 aliphatic rings. The molecule has 2 aromatic rings. The van der Waals surface area contributed by atoms with Crippen LogP contribution in [0.4, 0.5) is 4.79 Å². The minimum atomic E-state index is -1.17. The van der Waals surface area contributed by atoms with E-state index in [1.54, 1.807) is 24.3 Å². The minimum Gasteiger partial charge on any atom is -0.480 e. The first-order chi connectivity index (χ1) is 15.0. The van der Waals surface area contributed by atoms with Gasteiger partial charge in [-0.05, 0) is 36.1 Å². The van der Waals surface area contributed by atoms with E-state index in [2.05, 4.69) is 5.32 Å². The number of nitriles is 1. The molecule has 1 heterocycles. The highest BCUT2D eigenvalue weighted by molar-refractivity contribution is 5.89. The first-order valence-electron chi connectivity index (χ1n) is 9.97. The first-order valence-corrected chi connectivity index (χ1v) is 9.97. The largest absolute Gasteiger partial charge is 0.480 e. The zero-order valence-corrected chi connectivity index (χ0v) is 16.9. The second-order valence-corrected chi connectivity index (χ2v) is 7.30. The number of amides is 2. The van der Waals surface area contributed by atoms with E-state index in [9.17, 15) is 19.5 Å². The van der Waals surface area contributed by atoms with Crippen LogP contribution in [-0.2, 0) is 27.4 Å². The van der Waals surface area contributed by atoms with Gasteiger partial charge in [0, 0.05) is 13.0 Å². The molecule has 31 heavy (non-hydrogen) atoms. The Kier molecular flexibility index (Phi) is 7.22. The summed E-state index contributed by atoms with van der Waals surface area (Å²) in [6.45, 7) is 0.472. The van der Waals surface area contributed by atoms with Crippen LogP contribution in [0.5, 0.6) is 0 Å². The summed E-state index contributed by atoms with van der Waals surface area (Å²) in [7, 11) is 0. The van der Waals surface area contributed by atoms with Crippen molar-refractivity contribution in [2.24, 2.45) is 0 Å². The second-order valence-electron chi connectivity index (χ2n) is 7.30. The molecule has 8 nitrogen and oxygen atoms in total. The zero-order valence-electron chi connectivity index (χ0n) is 16.9. The number of hydrogen-bond donors (Lipinski definition) is 2. The minimum absolute atomic E-state index is 0.0674. The smallest absolute Gasteiger partial charge is 0.410 e. The Labute approximate surface area is 180 Å². The number of benzene rings is 2. The Balaban J connectivity index is 1.60. The Morgan fingerprint density at radius 3 is 2.48 bits per heavy atom. The van der Waals surface area contributed by atoms with Crippen LogP contribution in [0.15, 0.2) is 54.6 Å². The van der Waals surface area contributed by atoms with Crippen LogP contribution in [0.3, 0.4) is 0 Å². The molecule has 160 valence electrons. The predicted octanol–water partition coefficient (Wildman–Crippen LogP) is 2.47. The molecule has 0 aliphatic carbocycles. The number of carbonyl (C=O) groups excluding carboxylic acids is 2. The molecule has 0 unspecified atom stereocenters. The van der Waals surface area contributed by atoms with Crippen molar-refractivity contribution in [2.45, 2.75) is 38.0 Å². The highest BCUT2D eigenvalue weighted by Gasteiger charge is 2.36. The van der Waals surface area contributed by atoms with E-state index in [0.717, 1.165) is 5.56 Å². The lowest BCUT2D eigenvalue weighted by molar-refractivity contribution is -0.142. The Hall–Kier alpha value is -3.86. The maximum absolute atomic E-state index is 12.8. The topological polar surface area (TPSA) is 120 Å². The van der Waals surface area contributed by atoms with Gasteiger partial charge in [-0.3, -0.25) is 9.69 Å². The number of carbonyl (C=O) groups is 3. The molecular weight excluding hydrogens is 398 g/mol. The molecule has 0 spiro atoms. The summed E-state index contributed by atoms with van der Waals surface area (Å²) in [5.41, 5.74) is 1.98. The number of nitrogens with zero attached hydrogens (tertiary/aromatic N) is 2. The number of hydrogen-bond acceptors (Lipinski definition) is 5. The van der Waals surface area contributed by atoms with E-state index in [-0.39, 0.29) is 13.0 Å². The van der Waals surface area contributed by atoms with E-state index >= 15 is 0 Å². The Bertz CT molecular complexity index is 969. The standard InChI is InChI=1S/C23H23N3O5/c24-14-17-10-8-16(9-11-17)13-19(22(28)29)25-21(27)20-7-4-12-26(20)23(30)31-15-18-5-2-1-3-6-18/h1-3,5-6,8-11,19-20H,4,7,12-13,15H2,(H,25,27)(H,28,29)/t19-,20+/m0/s1. The fourth-order valence-corrected chi connectivity index (χ4v) is 3.48. The van der Waals surface area contributed by atoms with Gasteiger partial charge in [0.05, 0.1) is 11.6 Å². The molecule has 8 heteroatoms. The molecule has 1 saturated heterocycles. The first kappa shape index (κ1) is 21.8. The average molecular weight is 421 g/mol. The fraction of sp³-hybridized carbons (Fsp3) is 0.304. The molecule has 2 atom stereocenters. The summed E-state index contributed by atoms with van der Waals surface area (Å²) < 4.78 is 5.33. The number of ether oxygens (including phenoxy) is 1. The quantitative estimate of drug-likeness (QED) is 0.709. The van der Waals surface area contributed by atoms with Gasteiger partial charge in [-0.15, -0.1) is 0 Å². The van der Waals surface area contributed by atoms with Crippen LogP contribution in [0.2, 0.25) is 0 Å². The summed E-state index contributed by atoms with van der Waals surface area (Å²) in [6.07, 6.45) is 0.541. The van der Waals surface area contributed by atoms with Gasteiger partial charge in [0.25, 0.3) is 0 Å². The van der Waals surface area contributed by atoms with E-state index in [0.29, 0.717) is 30.5 Å². The van der Waals surface area contributed by atoms with Gasteiger partial charge in [-0.25, -0.2) is 9.59 Å². The van der Waals surface area contributed by atoms with Crippen LogP contribution in [0, 0.1) is 11.3 Å². The molecular formula is C23H23N3O5. The number of likely N-dealkylation sites (tertiary alicyclic amines) is 1. The van der Waals surface area contributed by atoms with Gasteiger partial charge >= 0.3 is 12.1 Å². The Morgan fingerprint density at radius 2 is 1.84 bits per heavy atom. The lowest BCUT2D eigenvalue weighted by atomic mass is 10.0. The van der Waals surface area contributed by atoms with Crippen molar-refractivity contribution >= 4 is 18.0 Å². The van der Waals surface area contributed by atoms with Crippen molar-refractivity contribution in [3.8, 4) is 6.07 Å². The third kappa shape index (κ3) is 5.82. The van der Waals surface area contributed by atoms with Crippen molar-refractivity contribution in [1.82, 2.24) is 10.2 Å². The third-order valence-corrected chi connectivity index (χ3v) is 5.13. The molecule has 2 amide bonds. The number of rotatable bonds is 7. The van der Waals surface area contributed by atoms with Gasteiger partial charge in [-0.2, -0.15) is 5.26 Å². The predicted molar refractivity (Wildman–Crippen MR) is 111 cm³/mol. The summed E-state index contributed by atoms with van der Waals surface area (Å²) in [6, 6.07) is 15.8. The van der Waals surface area contributed by atoms with E-state index in [1.165, 1.54) is 4.90 Å². The molecule has 1 aliphatic heterocycles. The van der Waals surface area contributed by atoms with Crippen LogP contribution < -0.4 is 5.32 Å². The van der Waals surface area contributed by atoms with Crippen LogP contribution in [0.1, 0.15) is 29.5 Å². The maximum atomic E-state index is 12.8. The highest BCUT2D eigenvalue weighted by Crippen LogP contribution is 2.19. The monoisotopic (exact) mass is 421 g/mol. The lowest BCUT2D eigenvalue weighted by Crippen LogP contribution is -2.51. The molecule has 3 rings (SSSR count). The molecule has 1 fully saturated rings. The highest BCUT2D eigenvalue weighted by atomic mass is 16.6. The van der Waals surface area contributed by atoms with Gasteiger partial charge in [-0.1, -0.05) is 42.5 Å². The van der Waals surface area contributed by atoms with E-state index in [4.69, 9.17) is 10.00 Å². The number of carboxylic acid groups (broad SMARTS) is 1. The molecule has 0 aromatic heterocycles. The van der Waals surface area contributed by atoms with E-state index < -0.39 is 30.1 Å². The summed E-state index contributed by atoms with van der Waals surface area (Å²) >= 11 is 0. The summed E-state index contributed by atoms with van der Waals surface area (Å²) in [4.78, 5) is 38.3. The zero-order chi connectivity index (χ0) is 22.2. The normalized spacial score (nSPS) is 16.2. The summed E-state index contributed by atoms with van der Waals surface area (Å²) in [5, 5.41) is 20.9. The van der Waals surface area contributed by atoms with Crippen LogP contribution >= 0.6 is 0 Å². The maximum Gasteiger partial charge on any atom is 0.410 e. The van der Waals surface area contributed by atoms with E-state index in [1.807, 2.05) is 36.4 Å². The second kappa shape index (κ2) is 10.3. The van der Waals surface area contributed by atoms with Crippen molar-refractivity contribution < 1.29 is 24.2 Å². The van der Waals surface area contributed by atoms with Crippen molar-refractivity contribution in [2.75, 3.05) is 6.54 Å². The molecule has 2 aromatic carbocycles. The Morgan fingerprint density at radius 1 is 1.13 bits per heavy atom. The molecule has 0 bridgehead atoms. The number of nitrogens with one attached hydrogen (secondary N) is 1. The number of aliphatic carboxylic acids is 1. The van der Waals surface area contributed by atoms with Crippen molar-refractivity contribution in [1.29, 1.82) is 5.26 Å². The van der Waals surface area contributed by atoms with Gasteiger partial charge in [0.15, 0.2) is 0 Å². The van der Waals surface area contributed by atoms with Crippen LogP contribution in [0.25, 0.3) is 0 Å². The molecule has 0 saturated carbocycles. The molecule has 0 radical (unpaired) electrons. The average Bonchev–Trinajstić information content (AvgIpc) is 3.28.